The van der Waals surface area contributed by atoms with E-state index in [0.29, 0.717) is 12.2 Å². The molecule has 1 aromatic carbocycles. The second-order valence-corrected chi connectivity index (χ2v) is 4.84. The number of hydrogen-bond acceptors (Lipinski definition) is 5. The summed E-state index contributed by atoms with van der Waals surface area (Å²) in [4.78, 5) is 28.6. The van der Waals surface area contributed by atoms with Crippen LogP contribution in [0.2, 0.25) is 0 Å². The van der Waals surface area contributed by atoms with Gasteiger partial charge in [-0.2, -0.15) is 4.52 Å². The number of para-hydroxylation sites is 1. The molecule has 0 bridgehead atoms. The second kappa shape index (κ2) is 5.59. The Labute approximate surface area is 126 Å². The Morgan fingerprint density at radius 3 is 2.77 bits per heavy atom. The maximum absolute atomic E-state index is 12.6. The van der Waals surface area contributed by atoms with Crippen LogP contribution in [0.25, 0.3) is 16.6 Å². The minimum absolute atomic E-state index is 0.0987. The van der Waals surface area contributed by atoms with Crippen LogP contribution in [0.5, 0.6) is 0 Å². The van der Waals surface area contributed by atoms with Crippen molar-refractivity contribution in [3.05, 3.63) is 40.6 Å². The molecule has 0 fully saturated rings. The average Bonchev–Trinajstić information content (AvgIpc) is 2.97. The van der Waals surface area contributed by atoms with Gasteiger partial charge >= 0.3 is 11.7 Å². The molecule has 0 radical (unpaired) electrons. The van der Waals surface area contributed by atoms with Gasteiger partial charge in [-0.25, -0.2) is 14.6 Å². The van der Waals surface area contributed by atoms with Gasteiger partial charge in [0.2, 0.25) is 0 Å². The summed E-state index contributed by atoms with van der Waals surface area (Å²) >= 11 is 0. The number of rotatable bonds is 4. The molecule has 7 nitrogen and oxygen atoms in total. The number of esters is 1. The normalized spacial score (nSPS) is 11.2. The SMILES string of the molecule is CCCn1c(=O)n2nc(C(=O)OCC)nc2c2ccccc21. The summed E-state index contributed by atoms with van der Waals surface area (Å²) in [6.07, 6.45) is 0.814. The molecule has 0 aliphatic rings. The Balaban J connectivity index is 2.35. The number of carbonyl (C=O) groups is 1. The summed E-state index contributed by atoms with van der Waals surface area (Å²) in [7, 11) is 0. The zero-order valence-corrected chi connectivity index (χ0v) is 12.4. The highest BCUT2D eigenvalue weighted by atomic mass is 16.5. The van der Waals surface area contributed by atoms with Crippen LogP contribution < -0.4 is 5.69 Å². The first-order valence-corrected chi connectivity index (χ1v) is 7.22. The molecule has 0 atom stereocenters. The van der Waals surface area contributed by atoms with E-state index in [0.717, 1.165) is 17.3 Å². The van der Waals surface area contributed by atoms with Crippen molar-refractivity contribution in [1.82, 2.24) is 19.2 Å². The largest absolute Gasteiger partial charge is 0.460 e. The quantitative estimate of drug-likeness (QED) is 0.684. The van der Waals surface area contributed by atoms with Gasteiger partial charge in [0, 0.05) is 11.9 Å². The van der Waals surface area contributed by atoms with E-state index in [1.807, 2.05) is 31.2 Å². The van der Waals surface area contributed by atoms with Crippen LogP contribution >= 0.6 is 0 Å². The topological polar surface area (TPSA) is 78.5 Å². The molecule has 0 N–H and O–H groups in total. The standard InChI is InChI=1S/C15H16N4O3/c1-3-9-18-11-8-6-5-7-10(11)13-16-12(14(20)22-4-2)17-19(13)15(18)21/h5-8H,3-4,9H2,1-2H3. The summed E-state index contributed by atoms with van der Waals surface area (Å²) in [5.74, 6) is -0.727. The van der Waals surface area contributed by atoms with Crippen molar-refractivity contribution in [2.24, 2.45) is 0 Å². The van der Waals surface area contributed by atoms with Crippen molar-refractivity contribution in [3.8, 4) is 0 Å². The third kappa shape index (κ3) is 2.14. The number of nitrogens with zero attached hydrogens (tertiary/aromatic N) is 4. The Morgan fingerprint density at radius 1 is 1.27 bits per heavy atom. The van der Waals surface area contributed by atoms with Crippen molar-refractivity contribution >= 4 is 22.5 Å². The predicted octanol–water partition coefficient (Wildman–Crippen LogP) is 1.63. The molecular weight excluding hydrogens is 284 g/mol. The van der Waals surface area contributed by atoms with Gasteiger partial charge in [-0.15, -0.1) is 5.10 Å². The lowest BCUT2D eigenvalue weighted by molar-refractivity contribution is 0.0512. The van der Waals surface area contributed by atoms with E-state index in [4.69, 9.17) is 4.74 Å². The first-order valence-electron chi connectivity index (χ1n) is 7.22. The van der Waals surface area contributed by atoms with Gasteiger partial charge < -0.3 is 4.74 Å². The van der Waals surface area contributed by atoms with Crippen molar-refractivity contribution in [2.75, 3.05) is 6.61 Å². The van der Waals surface area contributed by atoms with E-state index in [1.54, 1.807) is 11.5 Å². The molecular formula is C15H16N4O3. The summed E-state index contributed by atoms with van der Waals surface area (Å²) in [6, 6.07) is 7.46. The van der Waals surface area contributed by atoms with Gasteiger partial charge in [-0.3, -0.25) is 4.57 Å². The highest BCUT2D eigenvalue weighted by molar-refractivity contribution is 5.93. The number of hydrogen-bond donors (Lipinski definition) is 0. The third-order valence-corrected chi connectivity index (χ3v) is 3.36. The maximum Gasteiger partial charge on any atom is 0.378 e. The third-order valence-electron chi connectivity index (χ3n) is 3.36. The fourth-order valence-electron chi connectivity index (χ4n) is 2.46. The lowest BCUT2D eigenvalue weighted by Crippen LogP contribution is -2.28. The van der Waals surface area contributed by atoms with Crippen molar-refractivity contribution in [1.29, 1.82) is 0 Å². The molecule has 0 saturated carbocycles. The number of aryl methyl sites for hydroxylation is 1. The van der Waals surface area contributed by atoms with Crippen LogP contribution in [0.15, 0.2) is 29.1 Å². The lowest BCUT2D eigenvalue weighted by Gasteiger charge is -2.09. The van der Waals surface area contributed by atoms with Gasteiger partial charge in [-0.05, 0) is 25.5 Å². The molecule has 0 amide bonds. The van der Waals surface area contributed by atoms with E-state index in [-0.39, 0.29) is 18.1 Å². The number of carbonyl (C=O) groups excluding carboxylic acids is 1. The van der Waals surface area contributed by atoms with Gasteiger partial charge in [0.1, 0.15) is 0 Å². The Hall–Kier alpha value is -2.70. The highest BCUT2D eigenvalue weighted by Gasteiger charge is 2.18. The summed E-state index contributed by atoms with van der Waals surface area (Å²) < 4.78 is 7.72. The smallest absolute Gasteiger partial charge is 0.378 e. The number of benzene rings is 1. The average molecular weight is 300 g/mol. The second-order valence-electron chi connectivity index (χ2n) is 4.84. The Bertz CT molecular complexity index is 910. The minimum Gasteiger partial charge on any atom is -0.460 e. The monoisotopic (exact) mass is 300 g/mol. The fraction of sp³-hybridized carbons (Fsp3) is 0.333. The van der Waals surface area contributed by atoms with E-state index >= 15 is 0 Å². The van der Waals surface area contributed by atoms with Crippen LogP contribution in [0, 0.1) is 0 Å². The van der Waals surface area contributed by atoms with Gasteiger partial charge in [0.05, 0.1) is 12.1 Å². The van der Waals surface area contributed by atoms with E-state index in [1.165, 1.54) is 4.52 Å². The van der Waals surface area contributed by atoms with E-state index in [9.17, 15) is 9.59 Å². The number of ether oxygens (including phenoxy) is 1. The van der Waals surface area contributed by atoms with Crippen molar-refractivity contribution in [2.45, 2.75) is 26.8 Å². The Morgan fingerprint density at radius 2 is 2.05 bits per heavy atom. The van der Waals surface area contributed by atoms with E-state index < -0.39 is 5.97 Å². The first kappa shape index (κ1) is 14.2. The van der Waals surface area contributed by atoms with Gasteiger partial charge in [0.25, 0.3) is 5.82 Å². The lowest BCUT2D eigenvalue weighted by atomic mass is 10.2. The molecule has 0 spiro atoms. The number of aromatic nitrogens is 4. The molecule has 3 aromatic rings. The molecule has 2 heterocycles. The number of fused-ring (bicyclic) bond motifs is 3. The zero-order chi connectivity index (χ0) is 15.7. The predicted molar refractivity (Wildman–Crippen MR) is 81.0 cm³/mol. The molecule has 7 heteroatoms. The summed E-state index contributed by atoms with van der Waals surface area (Å²) in [6.45, 7) is 4.51. The van der Waals surface area contributed by atoms with Crippen LogP contribution in [0.4, 0.5) is 0 Å². The van der Waals surface area contributed by atoms with Crippen molar-refractivity contribution in [3.63, 3.8) is 0 Å². The molecule has 2 aromatic heterocycles. The molecule has 114 valence electrons. The summed E-state index contributed by atoms with van der Waals surface area (Å²) in [5, 5.41) is 4.80. The maximum atomic E-state index is 12.6. The van der Waals surface area contributed by atoms with Crippen LogP contribution in [-0.4, -0.2) is 31.7 Å². The fourth-order valence-corrected chi connectivity index (χ4v) is 2.46. The zero-order valence-electron chi connectivity index (χ0n) is 12.4. The molecule has 0 aliphatic heterocycles. The van der Waals surface area contributed by atoms with Gasteiger partial charge in [-0.1, -0.05) is 19.1 Å². The molecule has 0 unspecified atom stereocenters. The van der Waals surface area contributed by atoms with Crippen molar-refractivity contribution < 1.29 is 9.53 Å². The summed E-state index contributed by atoms with van der Waals surface area (Å²) in [5.41, 5.74) is 0.847. The van der Waals surface area contributed by atoms with Crippen LogP contribution in [0.3, 0.4) is 0 Å². The Kier molecular flexibility index (Phi) is 3.62. The minimum atomic E-state index is -0.628. The van der Waals surface area contributed by atoms with E-state index in [2.05, 4.69) is 10.1 Å². The first-order chi connectivity index (χ1) is 10.7. The molecule has 0 aliphatic carbocycles. The molecule has 0 saturated heterocycles. The van der Waals surface area contributed by atoms with Gasteiger partial charge in [0.15, 0.2) is 5.65 Å². The van der Waals surface area contributed by atoms with Crippen LogP contribution in [0.1, 0.15) is 30.9 Å². The molecule has 3 rings (SSSR count). The van der Waals surface area contributed by atoms with Crippen LogP contribution in [-0.2, 0) is 11.3 Å². The molecule has 22 heavy (non-hydrogen) atoms. The highest BCUT2D eigenvalue weighted by Crippen LogP contribution is 2.17.